The lowest BCUT2D eigenvalue weighted by atomic mass is 10.0. The number of halogens is 1. The lowest BCUT2D eigenvalue weighted by Gasteiger charge is -2.11. The first-order valence-corrected chi connectivity index (χ1v) is 7.51. The molecule has 6 heteroatoms. The van der Waals surface area contributed by atoms with Crippen molar-refractivity contribution in [1.29, 1.82) is 0 Å². The van der Waals surface area contributed by atoms with E-state index in [4.69, 9.17) is 9.57 Å². The van der Waals surface area contributed by atoms with Gasteiger partial charge in [0.2, 0.25) is 6.10 Å². The predicted molar refractivity (Wildman–Crippen MR) is 88.8 cm³/mol. The maximum Gasteiger partial charge on any atom is 0.268 e. The highest BCUT2D eigenvalue weighted by Crippen LogP contribution is 2.21. The summed E-state index contributed by atoms with van der Waals surface area (Å²) >= 11 is 0. The number of carbonyl (C=O) groups excluding carboxylic acids is 1. The fourth-order valence-corrected chi connectivity index (χ4v) is 2.45. The first-order chi connectivity index (χ1) is 11.6. The molecule has 0 aliphatic carbocycles. The smallest absolute Gasteiger partial charge is 0.268 e. The van der Waals surface area contributed by atoms with E-state index in [1.807, 2.05) is 24.3 Å². The molecule has 2 aromatic rings. The van der Waals surface area contributed by atoms with E-state index >= 15 is 0 Å². The van der Waals surface area contributed by atoms with Gasteiger partial charge >= 0.3 is 0 Å². The molecule has 0 fully saturated rings. The van der Waals surface area contributed by atoms with Crippen LogP contribution in [0, 0.1) is 12.7 Å². The van der Waals surface area contributed by atoms with Gasteiger partial charge in [-0.05, 0) is 60.5 Å². The summed E-state index contributed by atoms with van der Waals surface area (Å²) in [4.78, 5) is 17.6. The van der Waals surface area contributed by atoms with Crippen molar-refractivity contribution in [3.8, 4) is 5.75 Å². The molecular weight excluding hydrogens is 311 g/mol. The Kier molecular flexibility index (Phi) is 4.46. The molecule has 24 heavy (non-hydrogen) atoms. The molecule has 0 radical (unpaired) electrons. The van der Waals surface area contributed by atoms with Crippen LogP contribution in [0.15, 0.2) is 47.6 Å². The molecule has 1 amide bonds. The van der Waals surface area contributed by atoms with Crippen molar-refractivity contribution >= 4 is 17.3 Å². The van der Waals surface area contributed by atoms with Crippen LogP contribution in [-0.2, 0) is 9.63 Å². The number of amides is 1. The zero-order valence-electron chi connectivity index (χ0n) is 13.4. The number of rotatable bonds is 4. The average Bonchev–Trinajstić information content (AvgIpc) is 3.07. The first kappa shape index (κ1) is 16.0. The molecule has 1 unspecified atom stereocenters. The second-order valence-electron chi connectivity index (χ2n) is 5.51. The van der Waals surface area contributed by atoms with Gasteiger partial charge in [0.05, 0.1) is 12.8 Å². The van der Waals surface area contributed by atoms with Gasteiger partial charge in [-0.15, -0.1) is 0 Å². The molecule has 0 saturated heterocycles. The molecule has 1 aliphatic heterocycles. The van der Waals surface area contributed by atoms with Crippen LogP contribution in [0.1, 0.15) is 17.5 Å². The number of ether oxygens (including phenoxy) is 1. The minimum Gasteiger partial charge on any atom is -0.497 e. The number of benzene rings is 2. The maximum absolute atomic E-state index is 13.1. The summed E-state index contributed by atoms with van der Waals surface area (Å²) in [6, 6.07) is 11.6. The normalized spacial score (nSPS) is 16.3. The minimum absolute atomic E-state index is 0.308. The molecule has 2 aromatic carbocycles. The van der Waals surface area contributed by atoms with Crippen molar-refractivity contribution < 1.29 is 18.8 Å². The molecule has 0 bridgehead atoms. The highest BCUT2D eigenvalue weighted by molar-refractivity contribution is 6.06. The molecule has 1 aliphatic rings. The standard InChI is InChI=1S/C18H17FN2O3/c1-11-9-13(19)5-8-15(11)20-18(22)17-10-16(21-24-17)12-3-6-14(23-2)7-4-12/h3-9,17H,10H2,1-2H3,(H,20,22). The van der Waals surface area contributed by atoms with Gasteiger partial charge in [0.1, 0.15) is 11.6 Å². The van der Waals surface area contributed by atoms with Crippen LogP contribution in [0.25, 0.3) is 0 Å². The van der Waals surface area contributed by atoms with E-state index in [1.54, 1.807) is 14.0 Å². The number of carbonyl (C=O) groups is 1. The Labute approximate surface area is 139 Å². The summed E-state index contributed by atoms with van der Waals surface area (Å²) in [5.74, 6) is 0.101. The van der Waals surface area contributed by atoms with Crippen LogP contribution in [0.5, 0.6) is 5.75 Å². The van der Waals surface area contributed by atoms with E-state index in [0.717, 1.165) is 11.3 Å². The summed E-state index contributed by atoms with van der Waals surface area (Å²) in [6.45, 7) is 1.73. The largest absolute Gasteiger partial charge is 0.497 e. The number of anilines is 1. The van der Waals surface area contributed by atoms with Crippen molar-refractivity contribution in [2.75, 3.05) is 12.4 Å². The van der Waals surface area contributed by atoms with E-state index in [-0.39, 0.29) is 11.7 Å². The highest BCUT2D eigenvalue weighted by Gasteiger charge is 2.29. The van der Waals surface area contributed by atoms with Crippen molar-refractivity contribution in [1.82, 2.24) is 0 Å². The van der Waals surface area contributed by atoms with Crippen LogP contribution < -0.4 is 10.1 Å². The van der Waals surface area contributed by atoms with Gasteiger partial charge in [-0.2, -0.15) is 0 Å². The van der Waals surface area contributed by atoms with Crippen molar-refractivity contribution in [3.63, 3.8) is 0 Å². The van der Waals surface area contributed by atoms with Gasteiger partial charge < -0.3 is 14.9 Å². The Morgan fingerprint density at radius 3 is 2.71 bits per heavy atom. The molecule has 124 valence electrons. The maximum atomic E-state index is 13.1. The quantitative estimate of drug-likeness (QED) is 0.937. The molecule has 3 rings (SSSR count). The summed E-state index contributed by atoms with van der Waals surface area (Å²) < 4.78 is 18.2. The predicted octanol–water partition coefficient (Wildman–Crippen LogP) is 3.27. The molecule has 1 N–H and O–H groups in total. The topological polar surface area (TPSA) is 59.9 Å². The monoisotopic (exact) mass is 328 g/mol. The molecule has 5 nitrogen and oxygen atoms in total. The van der Waals surface area contributed by atoms with Gasteiger partial charge in [-0.1, -0.05) is 5.16 Å². The SMILES string of the molecule is COc1ccc(C2=NOC(C(=O)Nc3ccc(F)cc3C)C2)cc1. The minimum atomic E-state index is -0.702. The van der Waals surface area contributed by atoms with Gasteiger partial charge in [0, 0.05) is 12.1 Å². The average molecular weight is 328 g/mol. The third-order valence-electron chi connectivity index (χ3n) is 3.83. The number of nitrogens with one attached hydrogen (secondary N) is 1. The first-order valence-electron chi connectivity index (χ1n) is 7.51. The van der Waals surface area contributed by atoms with Crippen molar-refractivity contribution in [2.24, 2.45) is 5.16 Å². The number of methoxy groups -OCH3 is 1. The molecule has 0 aromatic heterocycles. The summed E-state index contributed by atoms with van der Waals surface area (Å²) in [5.41, 5.74) is 2.79. The molecule has 0 spiro atoms. The Bertz CT molecular complexity index is 787. The van der Waals surface area contributed by atoms with E-state index in [1.165, 1.54) is 18.2 Å². The second kappa shape index (κ2) is 6.70. The molecule has 0 saturated carbocycles. The number of hydrogen-bond donors (Lipinski definition) is 1. The van der Waals surface area contributed by atoms with Crippen LogP contribution in [0.2, 0.25) is 0 Å². The second-order valence-corrected chi connectivity index (χ2v) is 5.51. The van der Waals surface area contributed by atoms with Crippen LogP contribution >= 0.6 is 0 Å². The third kappa shape index (κ3) is 3.37. The Morgan fingerprint density at radius 1 is 1.29 bits per heavy atom. The number of nitrogens with zero attached hydrogens (tertiary/aromatic N) is 1. The van der Waals surface area contributed by atoms with Crippen LogP contribution in [-0.4, -0.2) is 24.8 Å². The van der Waals surface area contributed by atoms with E-state index in [2.05, 4.69) is 10.5 Å². The lowest BCUT2D eigenvalue weighted by molar-refractivity contribution is -0.125. The number of oxime groups is 1. The summed E-state index contributed by atoms with van der Waals surface area (Å²) in [6.07, 6.45) is -0.329. The van der Waals surface area contributed by atoms with Crippen LogP contribution in [0.3, 0.4) is 0 Å². The highest BCUT2D eigenvalue weighted by atomic mass is 19.1. The van der Waals surface area contributed by atoms with Gasteiger partial charge in [-0.3, -0.25) is 4.79 Å². The van der Waals surface area contributed by atoms with Crippen LogP contribution in [0.4, 0.5) is 10.1 Å². The summed E-state index contributed by atoms with van der Waals surface area (Å²) in [5, 5.41) is 6.74. The Balaban J connectivity index is 1.64. The van der Waals surface area contributed by atoms with E-state index < -0.39 is 6.10 Å². The number of aryl methyl sites for hydroxylation is 1. The summed E-state index contributed by atoms with van der Waals surface area (Å²) in [7, 11) is 1.60. The van der Waals surface area contributed by atoms with Gasteiger partial charge in [0.25, 0.3) is 5.91 Å². The molecule has 1 atom stereocenters. The third-order valence-corrected chi connectivity index (χ3v) is 3.83. The van der Waals surface area contributed by atoms with E-state index in [9.17, 15) is 9.18 Å². The zero-order chi connectivity index (χ0) is 17.1. The Hall–Kier alpha value is -2.89. The van der Waals surface area contributed by atoms with E-state index in [0.29, 0.717) is 23.4 Å². The fraction of sp³-hybridized carbons (Fsp3) is 0.222. The van der Waals surface area contributed by atoms with Gasteiger partial charge in [0.15, 0.2) is 0 Å². The Morgan fingerprint density at radius 2 is 2.04 bits per heavy atom. The number of hydrogen-bond acceptors (Lipinski definition) is 4. The zero-order valence-corrected chi connectivity index (χ0v) is 13.4. The lowest BCUT2D eigenvalue weighted by Crippen LogP contribution is -2.28. The van der Waals surface area contributed by atoms with Crippen molar-refractivity contribution in [2.45, 2.75) is 19.4 Å². The molecular formula is C18H17FN2O3. The van der Waals surface area contributed by atoms with Gasteiger partial charge in [-0.25, -0.2) is 4.39 Å². The fourth-order valence-electron chi connectivity index (χ4n) is 2.45. The molecule has 1 heterocycles. The van der Waals surface area contributed by atoms with Crippen molar-refractivity contribution in [3.05, 3.63) is 59.4 Å².